The topological polar surface area (TPSA) is 63.6 Å². The van der Waals surface area contributed by atoms with Gasteiger partial charge in [-0.3, -0.25) is 4.79 Å². The second kappa shape index (κ2) is 3.65. The first-order valence-corrected chi connectivity index (χ1v) is 4.35. The molecule has 1 aliphatic heterocycles. The lowest BCUT2D eigenvalue weighted by atomic mass is 9.99. The molecule has 1 aliphatic rings. The lowest BCUT2D eigenvalue weighted by molar-refractivity contribution is -0.135. The maximum atomic E-state index is 11.6. The number of ketones is 1. The van der Waals surface area contributed by atoms with E-state index in [4.69, 9.17) is 0 Å². The number of ether oxygens (including phenoxy) is 1. The van der Waals surface area contributed by atoms with Gasteiger partial charge in [-0.25, -0.2) is 4.79 Å². The van der Waals surface area contributed by atoms with E-state index >= 15 is 0 Å². The van der Waals surface area contributed by atoms with Crippen molar-refractivity contribution >= 4 is 11.8 Å². The number of cyclic esters (lactones) is 1. The first kappa shape index (κ1) is 10.5. The average Bonchev–Trinajstić information content (AvgIpc) is 2.42. The van der Waals surface area contributed by atoms with Crippen LogP contribution in [0.4, 0.5) is 0 Å². The zero-order valence-corrected chi connectivity index (χ0v) is 8.33. The molecular formula is C10H12O4. The Bertz CT molecular complexity index is 347. The number of aliphatic hydroxyl groups excluding tert-OH is 1. The summed E-state index contributed by atoms with van der Waals surface area (Å²) in [5.41, 5.74) is -0.00694. The molecule has 0 bridgehead atoms. The highest BCUT2D eigenvalue weighted by molar-refractivity contribution is 6.09. The van der Waals surface area contributed by atoms with Gasteiger partial charge in [0.05, 0.1) is 0 Å². The number of hydrogen-bond acceptors (Lipinski definition) is 4. The third-order valence-corrected chi connectivity index (χ3v) is 1.91. The molecule has 4 nitrogen and oxygen atoms in total. The second-order valence-electron chi connectivity index (χ2n) is 3.29. The number of carbonyl (C=O) groups excluding carboxylic acids is 2. The average molecular weight is 196 g/mol. The van der Waals surface area contributed by atoms with Crippen LogP contribution in [0.25, 0.3) is 0 Å². The van der Waals surface area contributed by atoms with Crippen molar-refractivity contribution in [3.8, 4) is 0 Å². The van der Waals surface area contributed by atoms with Crippen molar-refractivity contribution in [2.24, 2.45) is 5.92 Å². The summed E-state index contributed by atoms with van der Waals surface area (Å²) < 4.78 is 4.68. The van der Waals surface area contributed by atoms with Gasteiger partial charge in [-0.15, -0.1) is 0 Å². The van der Waals surface area contributed by atoms with E-state index in [1.54, 1.807) is 20.8 Å². The largest absolute Gasteiger partial charge is 0.501 e. The number of carbonyl (C=O) groups is 2. The van der Waals surface area contributed by atoms with E-state index in [-0.39, 0.29) is 23.0 Å². The molecule has 0 atom stereocenters. The highest BCUT2D eigenvalue weighted by atomic mass is 16.6. The van der Waals surface area contributed by atoms with Crippen LogP contribution in [-0.2, 0) is 14.3 Å². The molecule has 1 heterocycles. The van der Waals surface area contributed by atoms with E-state index in [1.807, 2.05) is 0 Å². The lowest BCUT2D eigenvalue weighted by Crippen LogP contribution is -2.11. The van der Waals surface area contributed by atoms with Gasteiger partial charge in [-0.1, -0.05) is 13.8 Å². The van der Waals surface area contributed by atoms with Gasteiger partial charge in [-0.2, -0.15) is 0 Å². The number of hydrogen-bond donors (Lipinski definition) is 1. The summed E-state index contributed by atoms with van der Waals surface area (Å²) in [7, 11) is 0. The van der Waals surface area contributed by atoms with Crippen molar-refractivity contribution < 1.29 is 19.4 Å². The van der Waals surface area contributed by atoms with Crippen LogP contribution < -0.4 is 0 Å². The highest BCUT2D eigenvalue weighted by Gasteiger charge is 2.34. The molecule has 14 heavy (non-hydrogen) atoms. The fraction of sp³-hybridized carbons (Fsp3) is 0.400. The van der Waals surface area contributed by atoms with Crippen molar-refractivity contribution in [3.05, 3.63) is 23.2 Å². The number of allylic oxidation sites excluding steroid dienone is 2. The maximum Gasteiger partial charge on any atom is 0.379 e. The van der Waals surface area contributed by atoms with Crippen LogP contribution in [0, 0.1) is 5.92 Å². The minimum absolute atomic E-state index is 0.00694. The third-order valence-electron chi connectivity index (χ3n) is 1.91. The fourth-order valence-electron chi connectivity index (χ4n) is 1.15. The first-order chi connectivity index (χ1) is 6.49. The Morgan fingerprint density at radius 3 is 2.50 bits per heavy atom. The molecule has 0 aromatic heterocycles. The molecule has 76 valence electrons. The molecular weight excluding hydrogens is 184 g/mol. The summed E-state index contributed by atoms with van der Waals surface area (Å²) in [6, 6.07) is 0. The predicted octanol–water partition coefficient (Wildman–Crippen LogP) is 1.48. The number of Topliss-reactive ketones (excluding diaryl/α,β-unsaturated/α-hetero) is 1. The van der Waals surface area contributed by atoms with Crippen molar-refractivity contribution in [2.45, 2.75) is 20.8 Å². The summed E-state index contributed by atoms with van der Waals surface area (Å²) in [5, 5.41) is 9.32. The van der Waals surface area contributed by atoms with Crippen LogP contribution in [0.2, 0.25) is 0 Å². The summed E-state index contributed by atoms with van der Waals surface area (Å²) in [5.74, 6) is -1.87. The number of rotatable bonds is 2. The van der Waals surface area contributed by atoms with E-state index in [9.17, 15) is 14.7 Å². The van der Waals surface area contributed by atoms with Crippen LogP contribution in [-0.4, -0.2) is 16.9 Å². The highest BCUT2D eigenvalue weighted by Crippen LogP contribution is 2.27. The van der Waals surface area contributed by atoms with Crippen molar-refractivity contribution in [3.63, 3.8) is 0 Å². The third kappa shape index (κ3) is 1.55. The molecule has 0 saturated carbocycles. The molecule has 4 heteroatoms. The fourth-order valence-corrected chi connectivity index (χ4v) is 1.15. The molecule has 0 spiro atoms. The number of esters is 1. The van der Waals surface area contributed by atoms with E-state index in [0.29, 0.717) is 0 Å². The smallest absolute Gasteiger partial charge is 0.379 e. The molecule has 0 amide bonds. The summed E-state index contributed by atoms with van der Waals surface area (Å²) in [4.78, 5) is 22.5. The Hall–Kier alpha value is -1.58. The Morgan fingerprint density at radius 1 is 1.50 bits per heavy atom. The second-order valence-corrected chi connectivity index (χ2v) is 3.29. The van der Waals surface area contributed by atoms with Crippen LogP contribution in [0.3, 0.4) is 0 Å². The molecule has 0 radical (unpaired) electrons. The Labute approximate surface area is 81.9 Å². The SMILES string of the molecule is C/C=C1\OC(=O)C(O)=C1C(=O)C(C)C. The van der Waals surface area contributed by atoms with Crippen LogP contribution in [0.5, 0.6) is 0 Å². The van der Waals surface area contributed by atoms with Crippen LogP contribution >= 0.6 is 0 Å². The van der Waals surface area contributed by atoms with Gasteiger partial charge < -0.3 is 9.84 Å². The molecule has 1 N–H and O–H groups in total. The zero-order valence-electron chi connectivity index (χ0n) is 8.33. The molecule has 0 aromatic rings. The monoisotopic (exact) mass is 196 g/mol. The molecule has 0 aliphatic carbocycles. The summed E-state index contributed by atoms with van der Waals surface area (Å²) in [6.45, 7) is 5.02. The zero-order chi connectivity index (χ0) is 10.9. The van der Waals surface area contributed by atoms with Crippen LogP contribution in [0.1, 0.15) is 20.8 Å². The normalized spacial score (nSPS) is 19.4. The van der Waals surface area contributed by atoms with Gasteiger partial charge in [0.2, 0.25) is 5.76 Å². The van der Waals surface area contributed by atoms with Crippen molar-refractivity contribution in [1.29, 1.82) is 0 Å². The van der Waals surface area contributed by atoms with Gasteiger partial charge in [0.15, 0.2) is 5.78 Å². The van der Waals surface area contributed by atoms with E-state index in [0.717, 1.165) is 0 Å². The first-order valence-electron chi connectivity index (χ1n) is 4.35. The summed E-state index contributed by atoms with van der Waals surface area (Å²) >= 11 is 0. The Kier molecular flexibility index (Phi) is 2.74. The van der Waals surface area contributed by atoms with E-state index < -0.39 is 11.7 Å². The van der Waals surface area contributed by atoms with Crippen molar-refractivity contribution in [2.75, 3.05) is 0 Å². The standard InChI is InChI=1S/C10H12O4/c1-4-6-7(8(11)5(2)3)9(12)10(13)14-6/h4-5,12H,1-3H3/b6-4-. The van der Waals surface area contributed by atoms with Gasteiger partial charge in [0, 0.05) is 5.92 Å². The Morgan fingerprint density at radius 2 is 2.07 bits per heavy atom. The van der Waals surface area contributed by atoms with Crippen LogP contribution in [0.15, 0.2) is 23.2 Å². The molecule has 0 aromatic carbocycles. The maximum absolute atomic E-state index is 11.6. The van der Waals surface area contributed by atoms with E-state index in [2.05, 4.69) is 4.74 Å². The molecule has 1 rings (SSSR count). The number of aliphatic hydroxyl groups is 1. The molecule has 0 saturated heterocycles. The predicted molar refractivity (Wildman–Crippen MR) is 49.3 cm³/mol. The van der Waals surface area contributed by atoms with Crippen molar-refractivity contribution in [1.82, 2.24) is 0 Å². The minimum Gasteiger partial charge on any atom is -0.501 e. The quantitative estimate of drug-likeness (QED) is 0.679. The Balaban J connectivity index is 3.17. The van der Waals surface area contributed by atoms with Gasteiger partial charge in [0.25, 0.3) is 0 Å². The minimum atomic E-state index is -0.859. The van der Waals surface area contributed by atoms with Gasteiger partial charge in [0.1, 0.15) is 11.3 Å². The molecule has 0 unspecified atom stereocenters. The summed E-state index contributed by atoms with van der Waals surface area (Å²) in [6.07, 6.45) is 1.48. The molecule has 0 fully saturated rings. The van der Waals surface area contributed by atoms with Gasteiger partial charge in [-0.05, 0) is 13.0 Å². The lowest BCUT2D eigenvalue weighted by Gasteiger charge is -2.04. The van der Waals surface area contributed by atoms with E-state index in [1.165, 1.54) is 6.08 Å². The van der Waals surface area contributed by atoms with Gasteiger partial charge >= 0.3 is 5.97 Å².